The van der Waals surface area contributed by atoms with E-state index in [1.54, 1.807) is 91.9 Å². The SMILES string of the molecule is CCN(c1ccc(C(=O)Nc2ccc(Cl)cc2C(=O)c2ccccc2)cc1)S(=O)(=O)c1ccc(SC)cc1. The summed E-state index contributed by atoms with van der Waals surface area (Å²) in [6, 6.07) is 26.4. The molecule has 0 aliphatic carbocycles. The van der Waals surface area contributed by atoms with Gasteiger partial charge in [-0.05, 0) is 79.9 Å². The Hall–Kier alpha value is -3.59. The molecule has 38 heavy (non-hydrogen) atoms. The second-order valence-electron chi connectivity index (χ2n) is 8.23. The van der Waals surface area contributed by atoms with Crippen LogP contribution in [0, 0.1) is 0 Å². The third-order valence-corrected chi connectivity index (χ3v) is 8.76. The number of amides is 1. The molecule has 0 saturated carbocycles. The molecule has 9 heteroatoms. The standard InChI is InChI=1S/C29H25ClN2O4S2/c1-3-32(38(35,36)25-16-14-24(37-2)15-17-25)23-12-9-21(10-13-23)29(34)31-27-18-11-22(30)19-26(27)28(33)20-7-5-4-6-8-20/h4-19H,3H2,1-2H3,(H,31,34). The number of anilines is 2. The van der Waals surface area contributed by atoms with E-state index in [2.05, 4.69) is 5.32 Å². The number of hydrogen-bond donors (Lipinski definition) is 1. The number of carbonyl (C=O) groups is 2. The summed E-state index contributed by atoms with van der Waals surface area (Å²) in [4.78, 5) is 27.3. The Morgan fingerprint density at radius 2 is 1.53 bits per heavy atom. The number of nitrogens with one attached hydrogen (secondary N) is 1. The summed E-state index contributed by atoms with van der Waals surface area (Å²) in [6.45, 7) is 1.97. The third-order valence-electron chi connectivity index (χ3n) is 5.86. The first-order chi connectivity index (χ1) is 18.2. The van der Waals surface area contributed by atoms with Crippen LogP contribution in [0.15, 0.2) is 107 Å². The van der Waals surface area contributed by atoms with Gasteiger partial charge in [0, 0.05) is 33.2 Å². The summed E-state index contributed by atoms with van der Waals surface area (Å²) in [5.74, 6) is -0.715. The lowest BCUT2D eigenvalue weighted by Gasteiger charge is -2.23. The van der Waals surface area contributed by atoms with E-state index in [0.29, 0.717) is 27.5 Å². The number of rotatable bonds is 9. The fourth-order valence-corrected chi connectivity index (χ4v) is 5.95. The molecule has 0 saturated heterocycles. The van der Waals surface area contributed by atoms with Crippen molar-refractivity contribution in [2.24, 2.45) is 0 Å². The zero-order valence-electron chi connectivity index (χ0n) is 20.7. The smallest absolute Gasteiger partial charge is 0.264 e. The molecule has 4 rings (SSSR count). The van der Waals surface area contributed by atoms with Crippen LogP contribution in [-0.2, 0) is 10.0 Å². The minimum Gasteiger partial charge on any atom is -0.321 e. The molecule has 0 fully saturated rings. The van der Waals surface area contributed by atoms with Gasteiger partial charge in [0.1, 0.15) is 0 Å². The summed E-state index contributed by atoms with van der Waals surface area (Å²) in [5.41, 5.74) is 1.80. The Balaban J connectivity index is 1.56. The molecule has 4 aromatic rings. The molecule has 0 aliphatic heterocycles. The van der Waals surface area contributed by atoms with Gasteiger partial charge in [0.25, 0.3) is 15.9 Å². The van der Waals surface area contributed by atoms with Crippen molar-refractivity contribution in [1.29, 1.82) is 0 Å². The highest BCUT2D eigenvalue weighted by Crippen LogP contribution is 2.27. The van der Waals surface area contributed by atoms with Crippen molar-refractivity contribution < 1.29 is 18.0 Å². The Labute approximate surface area is 231 Å². The molecule has 6 nitrogen and oxygen atoms in total. The van der Waals surface area contributed by atoms with Gasteiger partial charge in [0.2, 0.25) is 0 Å². The van der Waals surface area contributed by atoms with Crippen molar-refractivity contribution in [3.05, 3.63) is 119 Å². The fourth-order valence-electron chi connectivity index (χ4n) is 3.90. The largest absolute Gasteiger partial charge is 0.321 e. The molecular weight excluding hydrogens is 540 g/mol. The minimum absolute atomic E-state index is 0.192. The number of sulfonamides is 1. The predicted molar refractivity (Wildman–Crippen MR) is 154 cm³/mol. The monoisotopic (exact) mass is 564 g/mol. The van der Waals surface area contributed by atoms with Crippen molar-refractivity contribution in [3.63, 3.8) is 0 Å². The van der Waals surface area contributed by atoms with Crippen LogP contribution in [0.25, 0.3) is 0 Å². The number of halogens is 1. The first kappa shape index (κ1) is 27.4. The lowest BCUT2D eigenvalue weighted by Crippen LogP contribution is -2.30. The fraction of sp³-hybridized carbons (Fsp3) is 0.103. The molecule has 1 N–H and O–H groups in total. The maximum absolute atomic E-state index is 13.3. The van der Waals surface area contributed by atoms with E-state index in [0.717, 1.165) is 4.90 Å². The van der Waals surface area contributed by atoms with E-state index in [1.165, 1.54) is 22.1 Å². The number of benzene rings is 4. The summed E-state index contributed by atoms with van der Waals surface area (Å²) in [7, 11) is -3.78. The van der Waals surface area contributed by atoms with Crippen LogP contribution in [0.5, 0.6) is 0 Å². The highest BCUT2D eigenvalue weighted by Gasteiger charge is 2.24. The van der Waals surface area contributed by atoms with Crippen LogP contribution in [0.3, 0.4) is 0 Å². The Morgan fingerprint density at radius 1 is 0.868 bits per heavy atom. The zero-order chi connectivity index (χ0) is 27.3. The molecule has 194 valence electrons. The van der Waals surface area contributed by atoms with E-state index in [1.807, 2.05) is 12.3 Å². The van der Waals surface area contributed by atoms with Crippen LogP contribution in [0.1, 0.15) is 33.2 Å². The van der Waals surface area contributed by atoms with Crippen LogP contribution < -0.4 is 9.62 Å². The second kappa shape index (κ2) is 11.9. The molecule has 1 amide bonds. The van der Waals surface area contributed by atoms with Gasteiger partial charge in [0.15, 0.2) is 5.78 Å². The summed E-state index contributed by atoms with van der Waals surface area (Å²) in [5, 5.41) is 3.15. The van der Waals surface area contributed by atoms with E-state index in [-0.39, 0.29) is 22.8 Å². The van der Waals surface area contributed by atoms with Crippen molar-refractivity contribution in [2.45, 2.75) is 16.7 Å². The molecule has 0 spiro atoms. The highest BCUT2D eigenvalue weighted by molar-refractivity contribution is 7.98. The second-order valence-corrected chi connectivity index (χ2v) is 11.4. The molecule has 0 aliphatic rings. The van der Waals surface area contributed by atoms with Gasteiger partial charge < -0.3 is 5.32 Å². The maximum atomic E-state index is 13.3. The quantitative estimate of drug-likeness (QED) is 0.179. The Bertz CT molecular complexity index is 1560. The van der Waals surface area contributed by atoms with Crippen molar-refractivity contribution >= 4 is 56.5 Å². The normalized spacial score (nSPS) is 11.1. The molecule has 0 radical (unpaired) electrons. The van der Waals surface area contributed by atoms with Crippen LogP contribution in [0.2, 0.25) is 5.02 Å². The molecular formula is C29H25ClN2O4S2. The zero-order valence-corrected chi connectivity index (χ0v) is 23.1. The minimum atomic E-state index is -3.78. The first-order valence-corrected chi connectivity index (χ1v) is 14.8. The van der Waals surface area contributed by atoms with Crippen molar-refractivity contribution in [3.8, 4) is 0 Å². The number of carbonyl (C=O) groups excluding carboxylic acids is 2. The van der Waals surface area contributed by atoms with Gasteiger partial charge in [-0.2, -0.15) is 0 Å². The van der Waals surface area contributed by atoms with Gasteiger partial charge >= 0.3 is 0 Å². The number of ketones is 1. The van der Waals surface area contributed by atoms with Crippen molar-refractivity contribution in [2.75, 3.05) is 22.4 Å². The van der Waals surface area contributed by atoms with Gasteiger partial charge in [-0.25, -0.2) is 8.42 Å². The molecule has 0 heterocycles. The van der Waals surface area contributed by atoms with Crippen molar-refractivity contribution in [1.82, 2.24) is 0 Å². The average molecular weight is 565 g/mol. The van der Waals surface area contributed by atoms with Crippen LogP contribution >= 0.6 is 23.4 Å². The van der Waals surface area contributed by atoms with Gasteiger partial charge in [-0.1, -0.05) is 41.9 Å². The third kappa shape index (κ3) is 5.93. The van der Waals surface area contributed by atoms with Gasteiger partial charge in [-0.15, -0.1) is 11.8 Å². The molecule has 0 bridgehead atoms. The lowest BCUT2D eigenvalue weighted by atomic mass is 10.0. The molecule has 0 aromatic heterocycles. The summed E-state index contributed by atoms with van der Waals surface area (Å²) in [6.07, 6.45) is 1.93. The van der Waals surface area contributed by atoms with Gasteiger partial charge in [-0.3, -0.25) is 13.9 Å². The van der Waals surface area contributed by atoms with E-state index in [4.69, 9.17) is 11.6 Å². The van der Waals surface area contributed by atoms with E-state index < -0.39 is 15.9 Å². The summed E-state index contributed by atoms with van der Waals surface area (Å²) >= 11 is 7.67. The molecule has 0 atom stereocenters. The Morgan fingerprint density at radius 3 is 2.13 bits per heavy atom. The lowest BCUT2D eigenvalue weighted by molar-refractivity contribution is 0.102. The first-order valence-electron chi connectivity index (χ1n) is 11.7. The van der Waals surface area contributed by atoms with E-state index in [9.17, 15) is 18.0 Å². The predicted octanol–water partition coefficient (Wildman–Crippen LogP) is 6.76. The number of hydrogen-bond acceptors (Lipinski definition) is 5. The topological polar surface area (TPSA) is 83.6 Å². The molecule has 4 aromatic carbocycles. The van der Waals surface area contributed by atoms with Crippen LogP contribution in [0.4, 0.5) is 11.4 Å². The number of nitrogens with zero attached hydrogens (tertiary/aromatic N) is 1. The number of thioether (sulfide) groups is 1. The van der Waals surface area contributed by atoms with E-state index >= 15 is 0 Å². The molecule has 0 unspecified atom stereocenters. The Kier molecular flexibility index (Phi) is 8.56. The summed E-state index contributed by atoms with van der Waals surface area (Å²) < 4.78 is 27.8. The highest BCUT2D eigenvalue weighted by atomic mass is 35.5. The van der Waals surface area contributed by atoms with Crippen LogP contribution in [-0.4, -0.2) is 32.9 Å². The van der Waals surface area contributed by atoms with Gasteiger partial charge in [0.05, 0.1) is 16.3 Å². The average Bonchev–Trinajstić information content (AvgIpc) is 2.94. The maximum Gasteiger partial charge on any atom is 0.264 e.